The molecule has 2 aliphatic rings. The average Bonchev–Trinajstić information content (AvgIpc) is 3.19. The minimum absolute atomic E-state index is 0.204. The number of hydrogen-bond donors (Lipinski definition) is 0. The highest BCUT2D eigenvalue weighted by molar-refractivity contribution is 6.02. The van der Waals surface area contributed by atoms with Crippen LogP contribution in [0.3, 0.4) is 0 Å². The van der Waals surface area contributed by atoms with E-state index in [1.165, 1.54) is 0 Å². The van der Waals surface area contributed by atoms with Gasteiger partial charge in [-0.05, 0) is 24.3 Å². The highest BCUT2D eigenvalue weighted by atomic mass is 16.6. The number of ether oxygens (including phenoxy) is 4. The zero-order valence-corrected chi connectivity index (χ0v) is 14.7. The predicted molar refractivity (Wildman–Crippen MR) is 95.3 cm³/mol. The molecule has 2 atom stereocenters. The summed E-state index contributed by atoms with van der Waals surface area (Å²) < 4.78 is 22.1. The summed E-state index contributed by atoms with van der Waals surface area (Å²) in [7, 11) is 0. The molecule has 6 heteroatoms. The first-order valence-corrected chi connectivity index (χ1v) is 8.93. The molecule has 2 unspecified atom stereocenters. The van der Waals surface area contributed by atoms with Gasteiger partial charge in [-0.1, -0.05) is 36.4 Å². The van der Waals surface area contributed by atoms with E-state index >= 15 is 0 Å². The Morgan fingerprint density at radius 2 is 1.15 bits per heavy atom. The maximum Gasteiger partial charge on any atom is 0.324 e. The Hall–Kier alpha value is -3.02. The van der Waals surface area contributed by atoms with Crippen LogP contribution < -0.4 is 9.47 Å². The molecule has 6 nitrogen and oxygen atoms in total. The van der Waals surface area contributed by atoms with Crippen molar-refractivity contribution in [2.75, 3.05) is 13.2 Å². The molecule has 0 bridgehead atoms. The van der Waals surface area contributed by atoms with Crippen LogP contribution in [-0.4, -0.2) is 37.4 Å². The molecule has 2 fully saturated rings. The smallest absolute Gasteiger partial charge is 0.324 e. The van der Waals surface area contributed by atoms with E-state index in [9.17, 15) is 9.59 Å². The van der Waals surface area contributed by atoms with Gasteiger partial charge >= 0.3 is 11.9 Å². The molecule has 140 valence electrons. The number of carbonyl (C=O) groups is 2. The highest BCUT2D eigenvalue weighted by Crippen LogP contribution is 2.44. The first-order chi connectivity index (χ1) is 13.2. The number of hydrogen-bond acceptors (Lipinski definition) is 6. The van der Waals surface area contributed by atoms with E-state index in [0.29, 0.717) is 11.5 Å². The van der Waals surface area contributed by atoms with Crippen LogP contribution in [0.5, 0.6) is 11.5 Å². The number of benzene rings is 2. The van der Waals surface area contributed by atoms with Crippen molar-refractivity contribution in [3.8, 4) is 11.5 Å². The third kappa shape index (κ3) is 3.60. The van der Waals surface area contributed by atoms with Gasteiger partial charge in [0.15, 0.2) is 5.41 Å². The fraction of sp³-hybridized carbons (Fsp3) is 0.333. The minimum atomic E-state index is -1.24. The van der Waals surface area contributed by atoms with Gasteiger partial charge in [0.05, 0.1) is 0 Å². The lowest BCUT2D eigenvalue weighted by Crippen LogP contribution is -2.31. The summed E-state index contributed by atoms with van der Waals surface area (Å²) in [4.78, 5) is 24.9. The molecule has 27 heavy (non-hydrogen) atoms. The molecule has 0 radical (unpaired) electrons. The van der Waals surface area contributed by atoms with Crippen molar-refractivity contribution in [2.45, 2.75) is 25.0 Å². The second-order valence-electron chi connectivity index (χ2n) is 6.79. The molecule has 2 aliphatic heterocycles. The number of rotatable bonds is 6. The highest BCUT2D eigenvalue weighted by Gasteiger charge is 2.61. The molecule has 2 heterocycles. The van der Waals surface area contributed by atoms with Gasteiger partial charge in [-0.2, -0.15) is 0 Å². The van der Waals surface area contributed by atoms with Crippen molar-refractivity contribution >= 4 is 11.9 Å². The fourth-order valence-electron chi connectivity index (χ4n) is 3.49. The molecule has 0 saturated carbocycles. The van der Waals surface area contributed by atoms with Gasteiger partial charge < -0.3 is 18.9 Å². The number of cyclic esters (lactones) is 2. The van der Waals surface area contributed by atoms with E-state index in [-0.39, 0.29) is 26.1 Å². The number of esters is 2. The quantitative estimate of drug-likeness (QED) is 0.577. The van der Waals surface area contributed by atoms with E-state index < -0.39 is 29.6 Å². The van der Waals surface area contributed by atoms with Gasteiger partial charge in [-0.3, -0.25) is 9.59 Å². The molecule has 0 aromatic heterocycles. The summed E-state index contributed by atoms with van der Waals surface area (Å²) in [5.41, 5.74) is -1.24. The molecule has 0 amide bonds. The van der Waals surface area contributed by atoms with Crippen LogP contribution in [0.1, 0.15) is 12.8 Å². The lowest BCUT2D eigenvalue weighted by Gasteiger charge is -2.13. The third-order valence-electron chi connectivity index (χ3n) is 4.84. The summed E-state index contributed by atoms with van der Waals surface area (Å²) in [6.45, 7) is 0.409. The second-order valence-corrected chi connectivity index (χ2v) is 6.79. The zero-order chi connectivity index (χ0) is 18.7. The number of carbonyl (C=O) groups excluding carboxylic acids is 2. The largest absolute Gasteiger partial charge is 0.490 e. The third-order valence-corrected chi connectivity index (χ3v) is 4.84. The first-order valence-electron chi connectivity index (χ1n) is 8.93. The van der Waals surface area contributed by atoms with Crippen molar-refractivity contribution < 1.29 is 28.5 Å². The van der Waals surface area contributed by atoms with Crippen molar-refractivity contribution in [3.63, 3.8) is 0 Å². The SMILES string of the molecule is O=C1OC(COc2ccccc2)CC12CC(COc1ccccc1)OC2=O. The molecule has 0 N–H and O–H groups in total. The van der Waals surface area contributed by atoms with E-state index in [1.807, 2.05) is 60.7 Å². The Balaban J connectivity index is 1.35. The van der Waals surface area contributed by atoms with Crippen LogP contribution in [-0.2, 0) is 19.1 Å². The molecule has 2 saturated heterocycles. The number of para-hydroxylation sites is 2. The van der Waals surface area contributed by atoms with Gasteiger partial charge in [0.25, 0.3) is 0 Å². The molecule has 2 aromatic carbocycles. The zero-order valence-electron chi connectivity index (χ0n) is 14.7. The Morgan fingerprint density at radius 3 is 1.56 bits per heavy atom. The topological polar surface area (TPSA) is 71.1 Å². The first kappa shape index (κ1) is 17.4. The predicted octanol–water partition coefficient (Wildman–Crippen LogP) is 2.76. The van der Waals surface area contributed by atoms with Crippen LogP contribution >= 0.6 is 0 Å². The fourth-order valence-corrected chi connectivity index (χ4v) is 3.49. The summed E-state index contributed by atoms with van der Waals surface area (Å²) in [6.07, 6.45) is -0.420. The maximum absolute atomic E-state index is 12.4. The molecule has 2 aromatic rings. The van der Waals surface area contributed by atoms with Crippen LogP contribution in [0.2, 0.25) is 0 Å². The van der Waals surface area contributed by atoms with Gasteiger partial charge in [-0.15, -0.1) is 0 Å². The summed E-state index contributed by atoms with van der Waals surface area (Å²) in [5, 5.41) is 0. The van der Waals surface area contributed by atoms with Gasteiger partial charge in [0.2, 0.25) is 0 Å². The lowest BCUT2D eigenvalue weighted by molar-refractivity contribution is -0.158. The molecule has 0 aliphatic carbocycles. The van der Waals surface area contributed by atoms with E-state index in [2.05, 4.69) is 0 Å². The molecular weight excluding hydrogens is 348 g/mol. The standard InChI is InChI=1S/C21H20O6/c22-19-21(11-17(26-19)13-24-15-7-3-1-4-8-15)12-18(27-20(21)23)14-25-16-9-5-2-6-10-16/h1-10,17-18H,11-14H2. The Kier molecular flexibility index (Phi) is 4.71. The molecular formula is C21H20O6. The second kappa shape index (κ2) is 7.31. The van der Waals surface area contributed by atoms with E-state index in [0.717, 1.165) is 0 Å². The van der Waals surface area contributed by atoms with Crippen LogP contribution in [0.4, 0.5) is 0 Å². The van der Waals surface area contributed by atoms with Crippen LogP contribution in [0.25, 0.3) is 0 Å². The minimum Gasteiger partial charge on any atom is -0.490 e. The summed E-state index contributed by atoms with van der Waals surface area (Å²) >= 11 is 0. The van der Waals surface area contributed by atoms with E-state index in [4.69, 9.17) is 18.9 Å². The van der Waals surface area contributed by atoms with E-state index in [1.54, 1.807) is 0 Å². The normalized spacial score (nSPS) is 26.7. The Labute approximate surface area is 157 Å². The van der Waals surface area contributed by atoms with Crippen molar-refractivity contribution in [3.05, 3.63) is 60.7 Å². The maximum atomic E-state index is 12.4. The van der Waals surface area contributed by atoms with Crippen molar-refractivity contribution in [1.82, 2.24) is 0 Å². The van der Waals surface area contributed by atoms with Crippen LogP contribution in [0.15, 0.2) is 60.7 Å². The molecule has 1 spiro atoms. The van der Waals surface area contributed by atoms with Gasteiger partial charge in [-0.25, -0.2) is 0 Å². The van der Waals surface area contributed by atoms with Crippen molar-refractivity contribution in [1.29, 1.82) is 0 Å². The Morgan fingerprint density at radius 1 is 0.741 bits per heavy atom. The monoisotopic (exact) mass is 368 g/mol. The average molecular weight is 368 g/mol. The van der Waals surface area contributed by atoms with Crippen molar-refractivity contribution in [2.24, 2.45) is 5.41 Å². The van der Waals surface area contributed by atoms with Crippen LogP contribution in [0, 0.1) is 5.41 Å². The Bertz CT molecular complexity index is 734. The lowest BCUT2D eigenvalue weighted by atomic mass is 9.82. The van der Waals surface area contributed by atoms with Gasteiger partial charge in [0, 0.05) is 12.8 Å². The summed E-state index contributed by atoms with van der Waals surface area (Å²) in [5.74, 6) is 0.322. The van der Waals surface area contributed by atoms with Gasteiger partial charge in [0.1, 0.15) is 36.9 Å². The molecule has 4 rings (SSSR count). The summed E-state index contributed by atoms with van der Waals surface area (Å²) in [6, 6.07) is 18.5.